The molecule has 1 fully saturated rings. The first-order valence-electron chi connectivity index (χ1n) is 7.66. The Morgan fingerprint density at radius 1 is 1.17 bits per heavy atom. The SMILES string of the molecule is Cl.O=C(CNc1ccccc1)N1CCOC(c2ccc(Cl)cc2)C1. The highest BCUT2D eigenvalue weighted by atomic mass is 35.5. The summed E-state index contributed by atoms with van der Waals surface area (Å²) in [6, 6.07) is 17.3. The lowest BCUT2D eigenvalue weighted by molar-refractivity contribution is -0.137. The number of morpholine rings is 1. The standard InChI is InChI=1S/C18H19ClN2O2.ClH/c19-15-8-6-14(7-9-15)17-13-21(10-11-23-17)18(22)12-20-16-4-2-1-3-5-16;/h1-9,17,20H,10-13H2;1H. The molecule has 0 saturated carbocycles. The van der Waals surface area contributed by atoms with E-state index in [9.17, 15) is 4.79 Å². The summed E-state index contributed by atoms with van der Waals surface area (Å²) in [5.74, 6) is 0.0797. The van der Waals surface area contributed by atoms with Crippen molar-refractivity contribution in [2.75, 3.05) is 31.6 Å². The van der Waals surface area contributed by atoms with Crippen molar-refractivity contribution >= 4 is 35.6 Å². The molecule has 1 N–H and O–H groups in total. The van der Waals surface area contributed by atoms with Crippen molar-refractivity contribution < 1.29 is 9.53 Å². The van der Waals surface area contributed by atoms with Crippen molar-refractivity contribution in [1.82, 2.24) is 4.90 Å². The maximum Gasteiger partial charge on any atom is 0.242 e. The molecule has 4 nitrogen and oxygen atoms in total. The lowest BCUT2D eigenvalue weighted by Crippen LogP contribution is -2.44. The van der Waals surface area contributed by atoms with Crippen LogP contribution >= 0.6 is 24.0 Å². The van der Waals surface area contributed by atoms with Gasteiger partial charge in [-0.3, -0.25) is 4.79 Å². The van der Waals surface area contributed by atoms with Gasteiger partial charge in [-0.05, 0) is 29.8 Å². The first-order chi connectivity index (χ1) is 11.2. The van der Waals surface area contributed by atoms with Crippen LogP contribution in [-0.4, -0.2) is 37.0 Å². The highest BCUT2D eigenvalue weighted by Crippen LogP contribution is 2.23. The van der Waals surface area contributed by atoms with E-state index in [1.54, 1.807) is 0 Å². The van der Waals surface area contributed by atoms with E-state index in [0.717, 1.165) is 11.3 Å². The number of hydrogen-bond donors (Lipinski definition) is 1. The third-order valence-electron chi connectivity index (χ3n) is 3.88. The molecule has 1 atom stereocenters. The van der Waals surface area contributed by atoms with Crippen LogP contribution in [0.3, 0.4) is 0 Å². The molecule has 1 aliphatic rings. The Bertz CT molecular complexity index is 650. The monoisotopic (exact) mass is 366 g/mol. The van der Waals surface area contributed by atoms with Gasteiger partial charge in [0.15, 0.2) is 0 Å². The number of anilines is 1. The van der Waals surface area contributed by atoms with Crippen LogP contribution in [-0.2, 0) is 9.53 Å². The second kappa shape index (κ2) is 8.92. The number of nitrogens with zero attached hydrogens (tertiary/aromatic N) is 1. The van der Waals surface area contributed by atoms with Gasteiger partial charge in [-0.25, -0.2) is 0 Å². The number of nitrogens with one attached hydrogen (secondary N) is 1. The normalized spacial score (nSPS) is 17.0. The van der Waals surface area contributed by atoms with Crippen LogP contribution < -0.4 is 5.32 Å². The molecule has 2 aromatic carbocycles. The largest absolute Gasteiger partial charge is 0.376 e. The van der Waals surface area contributed by atoms with Crippen molar-refractivity contribution in [2.45, 2.75) is 6.10 Å². The summed E-state index contributed by atoms with van der Waals surface area (Å²) in [5, 5.41) is 3.85. The molecule has 0 aliphatic carbocycles. The maximum absolute atomic E-state index is 12.4. The highest BCUT2D eigenvalue weighted by molar-refractivity contribution is 6.30. The van der Waals surface area contributed by atoms with Gasteiger partial charge in [0.2, 0.25) is 5.91 Å². The number of benzene rings is 2. The molecule has 0 aromatic heterocycles. The lowest BCUT2D eigenvalue weighted by atomic mass is 10.1. The molecule has 0 radical (unpaired) electrons. The minimum Gasteiger partial charge on any atom is -0.376 e. The average molecular weight is 367 g/mol. The van der Waals surface area contributed by atoms with Crippen molar-refractivity contribution in [3.05, 3.63) is 65.2 Å². The number of hydrogen-bond acceptors (Lipinski definition) is 3. The second-order valence-corrected chi connectivity index (χ2v) is 5.91. The molecule has 0 bridgehead atoms. The highest BCUT2D eigenvalue weighted by Gasteiger charge is 2.25. The Labute approximate surface area is 153 Å². The Kier molecular flexibility index (Phi) is 6.91. The number of carbonyl (C=O) groups is 1. The molecule has 2 aromatic rings. The third-order valence-corrected chi connectivity index (χ3v) is 4.13. The number of halogens is 2. The van der Waals surface area contributed by atoms with E-state index in [2.05, 4.69) is 5.32 Å². The molecule has 24 heavy (non-hydrogen) atoms. The molecule has 6 heteroatoms. The summed E-state index contributed by atoms with van der Waals surface area (Å²) >= 11 is 5.92. The van der Waals surface area contributed by atoms with Gasteiger partial charge in [-0.2, -0.15) is 0 Å². The van der Waals surface area contributed by atoms with Gasteiger partial charge >= 0.3 is 0 Å². The molecule has 1 saturated heterocycles. The van der Waals surface area contributed by atoms with Gasteiger partial charge in [0, 0.05) is 17.3 Å². The van der Waals surface area contributed by atoms with Crippen LogP contribution in [0.1, 0.15) is 11.7 Å². The number of para-hydroxylation sites is 1. The zero-order valence-corrected chi connectivity index (χ0v) is 14.7. The quantitative estimate of drug-likeness (QED) is 0.895. The fourth-order valence-electron chi connectivity index (χ4n) is 2.60. The number of amides is 1. The van der Waals surface area contributed by atoms with Gasteiger partial charge in [-0.1, -0.05) is 41.9 Å². The molecule has 1 heterocycles. The zero-order valence-electron chi connectivity index (χ0n) is 13.2. The van der Waals surface area contributed by atoms with Crippen molar-refractivity contribution in [1.29, 1.82) is 0 Å². The predicted octanol–water partition coefficient (Wildman–Crippen LogP) is 3.77. The minimum absolute atomic E-state index is 0. The molecule has 0 spiro atoms. The van der Waals surface area contributed by atoms with E-state index in [1.165, 1.54) is 0 Å². The lowest BCUT2D eigenvalue weighted by Gasteiger charge is -2.33. The number of rotatable bonds is 4. The fourth-order valence-corrected chi connectivity index (χ4v) is 2.73. The van der Waals surface area contributed by atoms with Crippen LogP contribution in [0.15, 0.2) is 54.6 Å². The Balaban J connectivity index is 0.00000208. The van der Waals surface area contributed by atoms with E-state index in [1.807, 2.05) is 59.5 Å². The average Bonchev–Trinajstić information content (AvgIpc) is 2.61. The van der Waals surface area contributed by atoms with E-state index < -0.39 is 0 Å². The molecule has 128 valence electrons. The molecular weight excluding hydrogens is 347 g/mol. The first-order valence-corrected chi connectivity index (χ1v) is 8.04. The van der Waals surface area contributed by atoms with Crippen LogP contribution in [0.25, 0.3) is 0 Å². The molecule has 1 aliphatic heterocycles. The maximum atomic E-state index is 12.4. The van der Waals surface area contributed by atoms with Gasteiger partial charge in [-0.15, -0.1) is 12.4 Å². The summed E-state index contributed by atoms with van der Waals surface area (Å²) in [4.78, 5) is 14.2. The zero-order chi connectivity index (χ0) is 16.1. The fraction of sp³-hybridized carbons (Fsp3) is 0.278. The van der Waals surface area contributed by atoms with Gasteiger partial charge in [0.05, 0.1) is 19.7 Å². The summed E-state index contributed by atoms with van der Waals surface area (Å²) in [6.45, 7) is 2.03. The van der Waals surface area contributed by atoms with Gasteiger partial charge in [0.25, 0.3) is 0 Å². The smallest absolute Gasteiger partial charge is 0.242 e. The molecular formula is C18H20Cl2N2O2. The van der Waals surface area contributed by atoms with Gasteiger partial charge in [0.1, 0.15) is 6.10 Å². The number of carbonyl (C=O) groups excluding carboxylic acids is 1. The number of ether oxygens (including phenoxy) is 1. The molecule has 1 unspecified atom stereocenters. The minimum atomic E-state index is -0.0957. The van der Waals surface area contributed by atoms with Crippen LogP contribution in [0.2, 0.25) is 5.02 Å². The van der Waals surface area contributed by atoms with Crippen LogP contribution in [0, 0.1) is 0 Å². The van der Waals surface area contributed by atoms with Crippen LogP contribution in [0.4, 0.5) is 5.69 Å². The third kappa shape index (κ3) is 4.87. The summed E-state index contributed by atoms with van der Waals surface area (Å²) in [6.07, 6.45) is -0.0957. The molecule has 3 rings (SSSR count). The molecule has 1 amide bonds. The van der Waals surface area contributed by atoms with E-state index in [0.29, 0.717) is 24.7 Å². The Morgan fingerprint density at radius 2 is 1.88 bits per heavy atom. The van der Waals surface area contributed by atoms with Crippen molar-refractivity contribution in [3.8, 4) is 0 Å². The van der Waals surface area contributed by atoms with Gasteiger partial charge < -0.3 is 15.0 Å². The Hall–Kier alpha value is -1.75. The van der Waals surface area contributed by atoms with E-state index in [-0.39, 0.29) is 31.0 Å². The second-order valence-electron chi connectivity index (χ2n) is 5.47. The predicted molar refractivity (Wildman–Crippen MR) is 98.9 cm³/mol. The van der Waals surface area contributed by atoms with Crippen molar-refractivity contribution in [2.24, 2.45) is 0 Å². The summed E-state index contributed by atoms with van der Waals surface area (Å²) in [5.41, 5.74) is 1.99. The van der Waals surface area contributed by atoms with Crippen LogP contribution in [0.5, 0.6) is 0 Å². The first kappa shape index (κ1) is 18.6. The topological polar surface area (TPSA) is 41.6 Å². The van der Waals surface area contributed by atoms with Crippen molar-refractivity contribution in [3.63, 3.8) is 0 Å². The summed E-state index contributed by atoms with van der Waals surface area (Å²) < 4.78 is 5.79. The summed E-state index contributed by atoms with van der Waals surface area (Å²) in [7, 11) is 0. The van der Waals surface area contributed by atoms with E-state index in [4.69, 9.17) is 16.3 Å². The van der Waals surface area contributed by atoms with E-state index >= 15 is 0 Å². The Morgan fingerprint density at radius 3 is 2.58 bits per heavy atom.